The highest BCUT2D eigenvalue weighted by molar-refractivity contribution is 7.21. The minimum atomic E-state index is -1.01. The number of methoxy groups -OCH3 is 2. The standard InChI is InChI=1S/C32H33FO8S2/c1-16(18(3)34)9-22(35)29-13-21-27(43-29)15-25(40-5)31(30(21)33)41-8-6-7-19-11-20-12-28(23(36)10-17(2)32(37)38)42-26(20)14-24(19)39-4/h11-17H,6-10H2,1-5H3,(H,37,38)/t16-,17+/m1/s1. The van der Waals surface area contributed by atoms with E-state index in [2.05, 4.69) is 0 Å². The number of fused-ring (bicyclic) bond motifs is 2. The van der Waals surface area contributed by atoms with Gasteiger partial charge < -0.3 is 19.3 Å². The lowest BCUT2D eigenvalue weighted by Gasteiger charge is -2.13. The van der Waals surface area contributed by atoms with Crippen LogP contribution >= 0.6 is 22.7 Å². The smallest absolute Gasteiger partial charge is 0.306 e. The van der Waals surface area contributed by atoms with Crippen molar-refractivity contribution in [1.82, 2.24) is 0 Å². The van der Waals surface area contributed by atoms with E-state index in [1.165, 1.54) is 38.4 Å². The van der Waals surface area contributed by atoms with Crippen LogP contribution < -0.4 is 14.2 Å². The van der Waals surface area contributed by atoms with Crippen LogP contribution in [0.15, 0.2) is 30.3 Å². The number of carboxylic acid groups (broad SMARTS) is 1. The Kier molecular flexibility index (Phi) is 10.2. The average Bonchev–Trinajstić information content (AvgIpc) is 3.59. The van der Waals surface area contributed by atoms with Gasteiger partial charge in [-0.05, 0) is 55.0 Å². The molecule has 2 aromatic carbocycles. The molecule has 0 bridgehead atoms. The molecule has 43 heavy (non-hydrogen) atoms. The summed E-state index contributed by atoms with van der Waals surface area (Å²) in [7, 11) is 2.98. The highest BCUT2D eigenvalue weighted by Gasteiger charge is 2.23. The van der Waals surface area contributed by atoms with Crippen LogP contribution in [0.5, 0.6) is 17.2 Å². The molecule has 0 radical (unpaired) electrons. The van der Waals surface area contributed by atoms with Crippen molar-refractivity contribution < 1.29 is 42.9 Å². The summed E-state index contributed by atoms with van der Waals surface area (Å²) in [6.45, 7) is 4.82. The number of Topliss-reactive ketones (excluding diaryl/α,β-unsaturated/α-hetero) is 3. The minimum absolute atomic E-state index is 0.0390. The van der Waals surface area contributed by atoms with E-state index in [1.807, 2.05) is 12.1 Å². The molecule has 228 valence electrons. The molecule has 0 saturated carbocycles. The first-order valence-corrected chi connectivity index (χ1v) is 15.4. The van der Waals surface area contributed by atoms with Gasteiger partial charge in [-0.25, -0.2) is 4.39 Å². The largest absolute Gasteiger partial charge is 0.496 e. The summed E-state index contributed by atoms with van der Waals surface area (Å²) >= 11 is 2.45. The Bertz CT molecular complexity index is 1700. The number of carboxylic acids is 1. The second kappa shape index (κ2) is 13.6. The van der Waals surface area contributed by atoms with Gasteiger partial charge in [-0.1, -0.05) is 13.8 Å². The molecule has 11 heteroatoms. The predicted molar refractivity (Wildman–Crippen MR) is 165 cm³/mol. The Morgan fingerprint density at radius 1 is 0.860 bits per heavy atom. The summed E-state index contributed by atoms with van der Waals surface area (Å²) in [4.78, 5) is 48.9. The summed E-state index contributed by atoms with van der Waals surface area (Å²) in [5, 5.41) is 10.2. The van der Waals surface area contributed by atoms with Crippen LogP contribution in [0.25, 0.3) is 20.2 Å². The number of aryl methyl sites for hydroxylation is 1. The molecule has 2 heterocycles. The monoisotopic (exact) mass is 628 g/mol. The van der Waals surface area contributed by atoms with E-state index < -0.39 is 23.6 Å². The highest BCUT2D eigenvalue weighted by atomic mass is 32.1. The maximum atomic E-state index is 15.6. The van der Waals surface area contributed by atoms with Gasteiger partial charge in [0.25, 0.3) is 0 Å². The van der Waals surface area contributed by atoms with Crippen molar-refractivity contribution in [2.45, 2.75) is 46.5 Å². The maximum absolute atomic E-state index is 15.6. The van der Waals surface area contributed by atoms with Gasteiger partial charge in [0.2, 0.25) is 0 Å². The third kappa shape index (κ3) is 7.22. The molecule has 8 nitrogen and oxygen atoms in total. The number of halogens is 1. The van der Waals surface area contributed by atoms with Gasteiger partial charge in [0.15, 0.2) is 28.9 Å². The summed E-state index contributed by atoms with van der Waals surface area (Å²) in [5.74, 6) is -2.48. The van der Waals surface area contributed by atoms with Crippen LogP contribution in [0, 0.1) is 17.7 Å². The zero-order chi connectivity index (χ0) is 31.4. The van der Waals surface area contributed by atoms with Crippen molar-refractivity contribution in [3.63, 3.8) is 0 Å². The first-order valence-electron chi connectivity index (χ1n) is 13.8. The van der Waals surface area contributed by atoms with Crippen molar-refractivity contribution in [3.8, 4) is 17.2 Å². The minimum Gasteiger partial charge on any atom is -0.496 e. The second-order valence-electron chi connectivity index (χ2n) is 10.5. The van der Waals surface area contributed by atoms with E-state index in [4.69, 9.17) is 19.3 Å². The molecule has 2 atom stereocenters. The fraction of sp³-hybridized carbons (Fsp3) is 0.375. The number of carbonyl (C=O) groups is 4. The van der Waals surface area contributed by atoms with Gasteiger partial charge in [-0.2, -0.15) is 0 Å². The second-order valence-corrected chi connectivity index (χ2v) is 12.7. The number of aliphatic carboxylic acids is 1. The van der Waals surface area contributed by atoms with Crippen molar-refractivity contribution >= 4 is 66.2 Å². The van der Waals surface area contributed by atoms with E-state index in [1.54, 1.807) is 26.2 Å². The first kappa shape index (κ1) is 32.1. The van der Waals surface area contributed by atoms with Gasteiger partial charge >= 0.3 is 5.97 Å². The molecule has 0 aliphatic rings. The topological polar surface area (TPSA) is 116 Å². The fourth-order valence-corrected chi connectivity index (χ4v) is 6.64. The summed E-state index contributed by atoms with van der Waals surface area (Å²) in [6, 6.07) is 8.71. The molecule has 4 rings (SSSR count). The van der Waals surface area contributed by atoms with Gasteiger partial charge in [0, 0.05) is 39.6 Å². The lowest BCUT2D eigenvalue weighted by Crippen LogP contribution is -2.13. The number of ether oxygens (including phenoxy) is 3. The molecule has 0 aliphatic heterocycles. The van der Waals surface area contributed by atoms with E-state index in [9.17, 15) is 19.2 Å². The molecule has 0 unspecified atom stereocenters. The summed E-state index contributed by atoms with van der Waals surface area (Å²) < 4.78 is 33.8. The maximum Gasteiger partial charge on any atom is 0.306 e. The van der Waals surface area contributed by atoms with Crippen molar-refractivity contribution in [3.05, 3.63) is 51.5 Å². The van der Waals surface area contributed by atoms with Crippen molar-refractivity contribution in [2.75, 3.05) is 20.8 Å². The highest BCUT2D eigenvalue weighted by Crippen LogP contribution is 2.41. The molecule has 0 saturated heterocycles. The molecule has 0 aliphatic carbocycles. The third-order valence-electron chi connectivity index (χ3n) is 7.31. The fourth-order valence-electron chi connectivity index (χ4n) is 4.59. The normalized spacial score (nSPS) is 12.7. The Morgan fingerprint density at radius 2 is 1.47 bits per heavy atom. The zero-order valence-electron chi connectivity index (χ0n) is 24.6. The molecule has 0 fully saturated rings. The van der Waals surface area contributed by atoms with E-state index in [-0.39, 0.29) is 53.7 Å². The van der Waals surface area contributed by atoms with Gasteiger partial charge in [-0.15, -0.1) is 22.7 Å². The number of hydrogen-bond acceptors (Lipinski definition) is 9. The number of rotatable bonds is 15. The molecular formula is C32H33FO8S2. The number of hydrogen-bond donors (Lipinski definition) is 1. The van der Waals surface area contributed by atoms with Crippen LogP contribution in [-0.2, 0) is 16.0 Å². The Hall–Kier alpha value is -3.83. The molecule has 0 spiro atoms. The van der Waals surface area contributed by atoms with Crippen molar-refractivity contribution in [2.24, 2.45) is 11.8 Å². The quantitative estimate of drug-likeness (QED) is 0.107. The van der Waals surface area contributed by atoms with Crippen LogP contribution in [0.1, 0.15) is 64.9 Å². The Morgan fingerprint density at radius 3 is 2.09 bits per heavy atom. The molecule has 0 amide bonds. The number of ketones is 3. The van der Waals surface area contributed by atoms with Gasteiger partial charge in [-0.3, -0.25) is 19.2 Å². The van der Waals surface area contributed by atoms with E-state index in [0.29, 0.717) is 33.0 Å². The van der Waals surface area contributed by atoms with Gasteiger partial charge in [0.05, 0.1) is 36.5 Å². The van der Waals surface area contributed by atoms with Crippen LogP contribution in [0.3, 0.4) is 0 Å². The number of carbonyl (C=O) groups excluding carboxylic acids is 3. The predicted octanol–water partition coefficient (Wildman–Crippen LogP) is 7.38. The van der Waals surface area contributed by atoms with Gasteiger partial charge in [0.1, 0.15) is 11.5 Å². The third-order valence-corrected chi connectivity index (χ3v) is 9.57. The summed E-state index contributed by atoms with van der Waals surface area (Å²) in [5.41, 5.74) is 0.887. The lowest BCUT2D eigenvalue weighted by molar-refractivity contribution is -0.141. The first-order chi connectivity index (χ1) is 20.4. The van der Waals surface area contributed by atoms with Crippen molar-refractivity contribution in [1.29, 1.82) is 0 Å². The zero-order valence-corrected chi connectivity index (χ0v) is 26.2. The number of benzene rings is 2. The lowest BCUT2D eigenvalue weighted by atomic mass is 10.00. The SMILES string of the molecule is COc1cc2sc(C(=O)C[C@H](C)C(=O)O)cc2cc1CCCOc1c(OC)cc2sc(C(=O)C[C@@H](C)C(C)=O)cc2c1F. The molecule has 4 aromatic rings. The van der Waals surface area contributed by atoms with Crippen LogP contribution in [-0.4, -0.2) is 49.3 Å². The van der Waals surface area contributed by atoms with Crippen LogP contribution in [0.4, 0.5) is 4.39 Å². The van der Waals surface area contributed by atoms with E-state index >= 15 is 4.39 Å². The summed E-state index contributed by atoms with van der Waals surface area (Å²) in [6.07, 6.45) is 1.06. The van der Waals surface area contributed by atoms with E-state index in [0.717, 1.165) is 27.0 Å². The molecule has 2 aromatic heterocycles. The molecule has 1 N–H and O–H groups in total. The Balaban J connectivity index is 1.47. The number of thiophene rings is 2. The Labute approximate surface area is 256 Å². The average molecular weight is 629 g/mol. The molecular weight excluding hydrogens is 595 g/mol. The van der Waals surface area contributed by atoms with Crippen LogP contribution in [0.2, 0.25) is 0 Å².